The molecule has 0 atom stereocenters. The number of hydrogen-bond donors (Lipinski definition) is 1. The molecule has 0 unspecified atom stereocenters. The molecule has 0 rings (SSSR count). The second-order valence-electron chi connectivity index (χ2n) is 4.44. The lowest BCUT2D eigenvalue weighted by Gasteiger charge is -2.10. The van der Waals surface area contributed by atoms with E-state index in [0.29, 0.717) is 19.3 Å². The molecule has 98 valence electrons. The maximum Gasteiger partial charge on any atom is 0.0703 e. The minimum Gasteiger partial charge on any atom is -0.378 e. The average Bonchev–Trinajstić information content (AvgIpc) is 2.20. The highest BCUT2D eigenvalue weighted by Gasteiger charge is 1.93. The lowest BCUT2D eigenvalue weighted by molar-refractivity contribution is 0.0204. The van der Waals surface area contributed by atoms with Crippen molar-refractivity contribution in [1.29, 1.82) is 0 Å². The summed E-state index contributed by atoms with van der Waals surface area (Å²) in [4.78, 5) is 2.20. The Hall–Kier alpha value is -0.160. The van der Waals surface area contributed by atoms with Gasteiger partial charge in [-0.3, -0.25) is 0 Å². The van der Waals surface area contributed by atoms with Crippen LogP contribution in [0.2, 0.25) is 0 Å². The van der Waals surface area contributed by atoms with E-state index in [-0.39, 0.29) is 0 Å². The highest BCUT2D eigenvalue weighted by molar-refractivity contribution is 4.50. The van der Waals surface area contributed by atoms with E-state index in [0.717, 1.165) is 26.2 Å². The lowest BCUT2D eigenvalue weighted by atomic mass is 10.4. The second-order valence-corrected chi connectivity index (χ2v) is 4.44. The van der Waals surface area contributed by atoms with Crippen molar-refractivity contribution in [2.75, 3.05) is 53.6 Å². The average molecular weight is 232 g/mol. The molecular formula is C12H28N2O2. The molecule has 0 aliphatic carbocycles. The highest BCUT2D eigenvalue weighted by Crippen LogP contribution is 1.87. The molecule has 0 aliphatic rings. The molecule has 0 aromatic rings. The van der Waals surface area contributed by atoms with Crippen LogP contribution in [0.5, 0.6) is 0 Å². The summed E-state index contributed by atoms with van der Waals surface area (Å²) in [6, 6.07) is 0. The van der Waals surface area contributed by atoms with Crippen molar-refractivity contribution in [3.05, 3.63) is 0 Å². The maximum atomic E-state index is 5.41. The zero-order valence-corrected chi connectivity index (χ0v) is 11.3. The molecule has 0 saturated carbocycles. The Kier molecular flexibility index (Phi) is 11.2. The summed E-state index contributed by atoms with van der Waals surface area (Å²) in [5.74, 6) is 0. The van der Waals surface area contributed by atoms with Gasteiger partial charge in [-0.25, -0.2) is 0 Å². The zero-order chi connectivity index (χ0) is 12.2. The maximum absolute atomic E-state index is 5.41. The largest absolute Gasteiger partial charge is 0.378 e. The smallest absolute Gasteiger partial charge is 0.0703 e. The van der Waals surface area contributed by atoms with Crippen molar-refractivity contribution < 1.29 is 9.47 Å². The molecule has 0 aromatic carbocycles. The summed E-state index contributed by atoms with van der Waals surface area (Å²) < 4.78 is 10.8. The molecule has 0 fully saturated rings. The molecule has 0 radical (unpaired) electrons. The first-order valence-corrected chi connectivity index (χ1v) is 6.17. The number of nitrogens with one attached hydrogen (secondary N) is 1. The molecule has 0 heterocycles. The van der Waals surface area contributed by atoms with E-state index in [1.807, 2.05) is 13.8 Å². The van der Waals surface area contributed by atoms with Gasteiger partial charge in [0.25, 0.3) is 0 Å². The third-order valence-corrected chi connectivity index (χ3v) is 2.06. The first kappa shape index (κ1) is 15.8. The highest BCUT2D eigenvalue weighted by atomic mass is 16.5. The summed E-state index contributed by atoms with van der Waals surface area (Å²) in [6.07, 6.45) is 1.48. The van der Waals surface area contributed by atoms with E-state index < -0.39 is 0 Å². The predicted octanol–water partition coefficient (Wildman–Crippen LogP) is 0.969. The Labute approximate surface area is 100 Å². The van der Waals surface area contributed by atoms with Gasteiger partial charge in [0.05, 0.1) is 25.9 Å². The van der Waals surface area contributed by atoms with Crippen LogP contribution in [0.4, 0.5) is 0 Å². The molecule has 0 spiro atoms. The van der Waals surface area contributed by atoms with Crippen LogP contribution in [0.1, 0.15) is 20.3 Å². The molecule has 0 aliphatic heterocycles. The molecule has 16 heavy (non-hydrogen) atoms. The van der Waals surface area contributed by atoms with Gasteiger partial charge in [-0.15, -0.1) is 0 Å². The van der Waals surface area contributed by atoms with Crippen LogP contribution in [-0.4, -0.2) is 64.6 Å². The Morgan fingerprint density at radius 1 is 1.06 bits per heavy atom. The standard InChI is InChI=1S/C12H28N2O2/c1-12(2)16-11-10-15-9-7-13-6-5-8-14(3)4/h12-13H,5-11H2,1-4H3. The van der Waals surface area contributed by atoms with Gasteiger partial charge in [-0.05, 0) is 47.5 Å². The summed E-state index contributed by atoms with van der Waals surface area (Å²) in [6.45, 7) is 9.34. The fraction of sp³-hybridized carbons (Fsp3) is 1.00. The topological polar surface area (TPSA) is 33.7 Å². The number of nitrogens with zero attached hydrogens (tertiary/aromatic N) is 1. The molecule has 0 amide bonds. The molecule has 4 heteroatoms. The van der Waals surface area contributed by atoms with Crippen molar-refractivity contribution in [1.82, 2.24) is 10.2 Å². The van der Waals surface area contributed by atoms with Gasteiger partial charge in [0, 0.05) is 6.54 Å². The van der Waals surface area contributed by atoms with Crippen molar-refractivity contribution in [2.24, 2.45) is 0 Å². The minimum atomic E-state index is 0.299. The number of hydrogen-bond acceptors (Lipinski definition) is 4. The van der Waals surface area contributed by atoms with Gasteiger partial charge in [0.1, 0.15) is 0 Å². The lowest BCUT2D eigenvalue weighted by Crippen LogP contribution is -2.25. The number of rotatable bonds is 11. The third-order valence-electron chi connectivity index (χ3n) is 2.06. The van der Waals surface area contributed by atoms with Gasteiger partial charge < -0.3 is 19.7 Å². The van der Waals surface area contributed by atoms with Gasteiger partial charge in [-0.2, -0.15) is 0 Å². The van der Waals surface area contributed by atoms with Gasteiger partial charge >= 0.3 is 0 Å². The van der Waals surface area contributed by atoms with E-state index in [4.69, 9.17) is 9.47 Å². The molecule has 0 bridgehead atoms. The zero-order valence-electron chi connectivity index (χ0n) is 11.3. The van der Waals surface area contributed by atoms with Crippen LogP contribution < -0.4 is 5.32 Å². The van der Waals surface area contributed by atoms with E-state index in [9.17, 15) is 0 Å². The van der Waals surface area contributed by atoms with Crippen LogP contribution >= 0.6 is 0 Å². The van der Waals surface area contributed by atoms with Crippen molar-refractivity contribution in [3.63, 3.8) is 0 Å². The molecule has 4 nitrogen and oxygen atoms in total. The van der Waals surface area contributed by atoms with Gasteiger partial charge in [0.15, 0.2) is 0 Å². The van der Waals surface area contributed by atoms with E-state index in [1.54, 1.807) is 0 Å². The Balaban J connectivity index is 2.93. The molecule has 0 aromatic heterocycles. The predicted molar refractivity (Wildman–Crippen MR) is 67.9 cm³/mol. The van der Waals surface area contributed by atoms with Gasteiger partial charge in [0.2, 0.25) is 0 Å². The van der Waals surface area contributed by atoms with Crippen molar-refractivity contribution >= 4 is 0 Å². The summed E-state index contributed by atoms with van der Waals surface area (Å²) in [5, 5.41) is 3.35. The monoisotopic (exact) mass is 232 g/mol. The summed E-state index contributed by atoms with van der Waals surface area (Å²) in [7, 11) is 4.19. The van der Waals surface area contributed by atoms with Gasteiger partial charge in [-0.1, -0.05) is 0 Å². The minimum absolute atomic E-state index is 0.299. The van der Waals surface area contributed by atoms with Crippen molar-refractivity contribution in [3.8, 4) is 0 Å². The first-order chi connectivity index (χ1) is 7.63. The van der Waals surface area contributed by atoms with Crippen LogP contribution in [0, 0.1) is 0 Å². The van der Waals surface area contributed by atoms with E-state index >= 15 is 0 Å². The summed E-state index contributed by atoms with van der Waals surface area (Å²) >= 11 is 0. The fourth-order valence-corrected chi connectivity index (χ4v) is 1.23. The van der Waals surface area contributed by atoms with E-state index in [2.05, 4.69) is 24.3 Å². The Morgan fingerprint density at radius 2 is 1.81 bits per heavy atom. The van der Waals surface area contributed by atoms with Crippen LogP contribution in [0.3, 0.4) is 0 Å². The van der Waals surface area contributed by atoms with Crippen LogP contribution in [-0.2, 0) is 9.47 Å². The van der Waals surface area contributed by atoms with E-state index in [1.165, 1.54) is 6.42 Å². The third kappa shape index (κ3) is 13.8. The number of ether oxygens (including phenoxy) is 2. The van der Waals surface area contributed by atoms with Crippen molar-refractivity contribution in [2.45, 2.75) is 26.4 Å². The fourth-order valence-electron chi connectivity index (χ4n) is 1.23. The van der Waals surface area contributed by atoms with Crippen LogP contribution in [0.25, 0.3) is 0 Å². The molecular weight excluding hydrogens is 204 g/mol. The first-order valence-electron chi connectivity index (χ1n) is 6.17. The Bertz CT molecular complexity index is 125. The SMILES string of the molecule is CC(C)OCCOCCNCCCN(C)C. The molecule has 1 N–H and O–H groups in total. The normalized spacial score (nSPS) is 11.6. The second kappa shape index (κ2) is 11.3. The Morgan fingerprint density at radius 3 is 2.44 bits per heavy atom. The molecule has 0 saturated heterocycles. The summed E-state index contributed by atoms with van der Waals surface area (Å²) in [5.41, 5.74) is 0. The van der Waals surface area contributed by atoms with Crippen LogP contribution in [0.15, 0.2) is 0 Å². The quantitative estimate of drug-likeness (QED) is 0.538.